The van der Waals surface area contributed by atoms with Crippen LogP contribution < -0.4 is 10.1 Å². The van der Waals surface area contributed by atoms with Crippen molar-refractivity contribution in [3.8, 4) is 5.75 Å². The van der Waals surface area contributed by atoms with Gasteiger partial charge in [-0.2, -0.15) is 0 Å². The molecule has 27 heavy (non-hydrogen) atoms. The molecule has 0 heterocycles. The molecule has 0 aliphatic carbocycles. The van der Waals surface area contributed by atoms with Gasteiger partial charge in [-0.15, -0.1) is 0 Å². The lowest BCUT2D eigenvalue weighted by Crippen LogP contribution is -2.30. The molecule has 5 nitrogen and oxygen atoms in total. The number of anilines is 1. The second-order valence-corrected chi connectivity index (χ2v) is 6.39. The van der Waals surface area contributed by atoms with Gasteiger partial charge in [0.25, 0.3) is 5.91 Å². The standard InChI is InChI=1S/C20H21F2NO4/c1-12(2)11-26-16-7-4-14(5-8-16)20(25)27-13(3)19(24)23-18-10-15(21)6-9-17(18)22/h4-10,12-13H,11H2,1-3H3,(H,23,24)/t13-/m0/s1. The quantitative estimate of drug-likeness (QED) is 0.735. The van der Waals surface area contributed by atoms with Gasteiger partial charge >= 0.3 is 5.97 Å². The van der Waals surface area contributed by atoms with Crippen LogP contribution in [0.25, 0.3) is 0 Å². The largest absolute Gasteiger partial charge is 0.493 e. The molecule has 1 atom stereocenters. The Kier molecular flexibility index (Phi) is 6.87. The van der Waals surface area contributed by atoms with Crippen LogP contribution in [0.2, 0.25) is 0 Å². The van der Waals surface area contributed by atoms with Crippen molar-refractivity contribution < 1.29 is 27.8 Å². The SMILES string of the molecule is CC(C)COc1ccc(C(=O)O[C@@H](C)C(=O)Nc2cc(F)ccc2F)cc1. The van der Waals surface area contributed by atoms with Crippen LogP contribution in [-0.4, -0.2) is 24.6 Å². The fourth-order valence-corrected chi connectivity index (χ4v) is 2.06. The molecule has 0 aromatic heterocycles. The highest BCUT2D eigenvalue weighted by atomic mass is 19.1. The summed E-state index contributed by atoms with van der Waals surface area (Å²) in [6.45, 7) is 5.93. The minimum absolute atomic E-state index is 0.239. The van der Waals surface area contributed by atoms with Crippen molar-refractivity contribution in [3.63, 3.8) is 0 Å². The summed E-state index contributed by atoms with van der Waals surface area (Å²) in [7, 11) is 0. The monoisotopic (exact) mass is 377 g/mol. The molecule has 0 fully saturated rings. The molecule has 0 spiro atoms. The van der Waals surface area contributed by atoms with Crippen LogP contribution in [0.5, 0.6) is 5.75 Å². The van der Waals surface area contributed by atoms with Gasteiger partial charge in [-0.25, -0.2) is 13.6 Å². The lowest BCUT2D eigenvalue weighted by Gasteiger charge is -2.14. The summed E-state index contributed by atoms with van der Waals surface area (Å²) in [4.78, 5) is 24.2. The Balaban J connectivity index is 1.94. The van der Waals surface area contributed by atoms with Crippen molar-refractivity contribution >= 4 is 17.6 Å². The van der Waals surface area contributed by atoms with Gasteiger partial charge in [0.2, 0.25) is 0 Å². The Morgan fingerprint density at radius 3 is 2.33 bits per heavy atom. The molecule has 0 radical (unpaired) electrons. The molecule has 1 N–H and O–H groups in total. The molecule has 0 saturated heterocycles. The Hall–Kier alpha value is -2.96. The van der Waals surface area contributed by atoms with Gasteiger partial charge in [0.05, 0.1) is 17.9 Å². The number of halogens is 2. The summed E-state index contributed by atoms with van der Waals surface area (Å²) in [6, 6.07) is 8.98. The average molecular weight is 377 g/mol. The van der Waals surface area contributed by atoms with Crippen LogP contribution in [0, 0.1) is 17.6 Å². The van der Waals surface area contributed by atoms with Crippen LogP contribution in [0.1, 0.15) is 31.1 Å². The smallest absolute Gasteiger partial charge is 0.338 e. The van der Waals surface area contributed by atoms with E-state index in [9.17, 15) is 18.4 Å². The molecule has 2 aromatic rings. The predicted molar refractivity (Wildman–Crippen MR) is 96.6 cm³/mol. The highest BCUT2D eigenvalue weighted by Crippen LogP contribution is 2.17. The van der Waals surface area contributed by atoms with Gasteiger partial charge in [0.1, 0.15) is 17.4 Å². The lowest BCUT2D eigenvalue weighted by molar-refractivity contribution is -0.123. The highest BCUT2D eigenvalue weighted by molar-refractivity contribution is 5.97. The number of carbonyl (C=O) groups is 2. The van der Waals surface area contributed by atoms with E-state index in [1.165, 1.54) is 19.1 Å². The maximum absolute atomic E-state index is 13.6. The van der Waals surface area contributed by atoms with Crippen molar-refractivity contribution in [2.75, 3.05) is 11.9 Å². The van der Waals surface area contributed by atoms with Crippen LogP contribution >= 0.6 is 0 Å². The van der Waals surface area contributed by atoms with E-state index in [4.69, 9.17) is 9.47 Å². The summed E-state index contributed by atoms with van der Waals surface area (Å²) >= 11 is 0. The summed E-state index contributed by atoms with van der Waals surface area (Å²) < 4.78 is 37.3. The first-order valence-corrected chi connectivity index (χ1v) is 8.46. The van der Waals surface area contributed by atoms with Gasteiger partial charge in [-0.05, 0) is 49.2 Å². The van der Waals surface area contributed by atoms with Crippen molar-refractivity contribution in [1.29, 1.82) is 0 Å². The zero-order valence-electron chi connectivity index (χ0n) is 15.3. The Morgan fingerprint density at radius 2 is 1.70 bits per heavy atom. The van der Waals surface area contributed by atoms with Gasteiger partial charge < -0.3 is 14.8 Å². The highest BCUT2D eigenvalue weighted by Gasteiger charge is 2.20. The number of esters is 1. The van der Waals surface area contributed by atoms with Crippen LogP contribution in [0.4, 0.5) is 14.5 Å². The van der Waals surface area contributed by atoms with Crippen LogP contribution in [-0.2, 0) is 9.53 Å². The third-order valence-corrected chi connectivity index (χ3v) is 3.51. The molecular formula is C20H21F2NO4. The Morgan fingerprint density at radius 1 is 1.04 bits per heavy atom. The first-order chi connectivity index (χ1) is 12.8. The van der Waals surface area contributed by atoms with Crippen molar-refractivity contribution in [3.05, 3.63) is 59.7 Å². The number of rotatable bonds is 7. The minimum atomic E-state index is -1.20. The summed E-state index contributed by atoms with van der Waals surface area (Å²) in [5, 5.41) is 2.19. The van der Waals surface area contributed by atoms with Gasteiger partial charge in [-0.1, -0.05) is 13.8 Å². The van der Waals surface area contributed by atoms with E-state index in [0.29, 0.717) is 18.3 Å². The number of hydrogen-bond donors (Lipinski definition) is 1. The average Bonchev–Trinajstić information content (AvgIpc) is 2.63. The second kappa shape index (κ2) is 9.12. The zero-order valence-corrected chi connectivity index (χ0v) is 15.3. The Labute approximate surface area is 156 Å². The fourth-order valence-electron chi connectivity index (χ4n) is 2.06. The van der Waals surface area contributed by atoms with Gasteiger partial charge in [0, 0.05) is 6.07 Å². The summed E-state index contributed by atoms with van der Waals surface area (Å²) in [6.07, 6.45) is -1.20. The van der Waals surface area contributed by atoms with Gasteiger partial charge in [-0.3, -0.25) is 4.79 Å². The number of nitrogens with one attached hydrogen (secondary N) is 1. The topological polar surface area (TPSA) is 64.6 Å². The van der Waals surface area contributed by atoms with Crippen LogP contribution in [0.15, 0.2) is 42.5 Å². The predicted octanol–water partition coefficient (Wildman–Crippen LogP) is 4.18. The molecule has 2 aromatic carbocycles. The van der Waals surface area contributed by atoms with E-state index in [1.54, 1.807) is 12.1 Å². The molecule has 144 valence electrons. The molecule has 7 heteroatoms. The van der Waals surface area contributed by atoms with E-state index >= 15 is 0 Å². The number of hydrogen-bond acceptors (Lipinski definition) is 4. The molecule has 1 amide bonds. The van der Waals surface area contributed by atoms with Crippen molar-refractivity contribution in [1.82, 2.24) is 0 Å². The maximum atomic E-state index is 13.6. The van der Waals surface area contributed by atoms with Crippen molar-refractivity contribution in [2.24, 2.45) is 5.92 Å². The third kappa shape index (κ3) is 6.06. The number of carbonyl (C=O) groups excluding carboxylic acids is 2. The van der Waals surface area contributed by atoms with Crippen molar-refractivity contribution in [2.45, 2.75) is 26.9 Å². The molecule has 0 aliphatic heterocycles. The molecule has 2 rings (SSSR count). The van der Waals surface area contributed by atoms with E-state index in [1.807, 2.05) is 13.8 Å². The van der Waals surface area contributed by atoms with E-state index in [-0.39, 0.29) is 11.3 Å². The molecule has 0 saturated carbocycles. The number of benzene rings is 2. The first kappa shape index (κ1) is 20.4. The van der Waals surface area contributed by atoms with E-state index < -0.39 is 29.6 Å². The first-order valence-electron chi connectivity index (χ1n) is 8.46. The Bertz CT molecular complexity index is 806. The van der Waals surface area contributed by atoms with Gasteiger partial charge in [0.15, 0.2) is 6.10 Å². The number of amides is 1. The van der Waals surface area contributed by atoms with E-state index in [0.717, 1.165) is 18.2 Å². The molecule has 0 aliphatic rings. The maximum Gasteiger partial charge on any atom is 0.338 e. The van der Waals surface area contributed by atoms with E-state index in [2.05, 4.69) is 5.32 Å². The van der Waals surface area contributed by atoms with Crippen LogP contribution in [0.3, 0.4) is 0 Å². The third-order valence-electron chi connectivity index (χ3n) is 3.51. The second-order valence-electron chi connectivity index (χ2n) is 6.39. The molecule has 0 unspecified atom stereocenters. The summed E-state index contributed by atoms with van der Waals surface area (Å²) in [5.41, 5.74) is -0.0852. The number of ether oxygens (including phenoxy) is 2. The fraction of sp³-hybridized carbons (Fsp3) is 0.300. The normalized spacial score (nSPS) is 11.8. The molecule has 0 bridgehead atoms. The summed E-state index contributed by atoms with van der Waals surface area (Å²) in [5.74, 6) is -1.99. The minimum Gasteiger partial charge on any atom is -0.493 e. The lowest BCUT2D eigenvalue weighted by atomic mass is 10.2. The molecular weight excluding hydrogens is 356 g/mol. The zero-order chi connectivity index (χ0) is 20.0.